The van der Waals surface area contributed by atoms with Gasteiger partial charge < -0.3 is 14.3 Å². The summed E-state index contributed by atoms with van der Waals surface area (Å²) in [5, 5.41) is 9.64. The maximum absolute atomic E-state index is 9.64. The summed E-state index contributed by atoms with van der Waals surface area (Å²) in [6.07, 6.45) is 20.7. The van der Waals surface area contributed by atoms with Crippen LogP contribution in [0.25, 0.3) is 0 Å². The summed E-state index contributed by atoms with van der Waals surface area (Å²) in [7, 11) is 8.04. The van der Waals surface area contributed by atoms with Crippen LogP contribution in [0.4, 0.5) is 0 Å². The summed E-state index contributed by atoms with van der Waals surface area (Å²) in [6, 6.07) is 0.0820. The van der Waals surface area contributed by atoms with Gasteiger partial charge in [-0.3, -0.25) is 0 Å². The van der Waals surface area contributed by atoms with Crippen molar-refractivity contribution in [2.24, 2.45) is 0 Å². The molecule has 150 valence electrons. The predicted octanol–water partition coefficient (Wildman–Crippen LogP) is 5.33. The van der Waals surface area contributed by atoms with E-state index in [1.807, 2.05) is 0 Å². The van der Waals surface area contributed by atoms with Crippen molar-refractivity contribution >= 4 is 0 Å². The predicted molar refractivity (Wildman–Crippen MR) is 110 cm³/mol. The van der Waals surface area contributed by atoms with E-state index in [9.17, 15) is 5.11 Å². The molecule has 0 radical (unpaired) electrons. The Morgan fingerprint density at radius 3 is 1.72 bits per heavy atom. The van der Waals surface area contributed by atoms with Crippen LogP contribution < -0.4 is 0 Å². The van der Waals surface area contributed by atoms with Crippen molar-refractivity contribution in [3.05, 3.63) is 12.2 Å². The zero-order valence-electron chi connectivity index (χ0n) is 17.8. The Kier molecular flexibility index (Phi) is 15.6. The summed E-state index contributed by atoms with van der Waals surface area (Å²) in [5.41, 5.74) is 0. The molecule has 2 atom stereocenters. The third-order valence-corrected chi connectivity index (χ3v) is 5.13. The fraction of sp³-hybridized carbons (Fsp3) is 0.909. The molecule has 0 saturated heterocycles. The maximum Gasteiger partial charge on any atom is 0.142 e. The van der Waals surface area contributed by atoms with Gasteiger partial charge in [-0.1, -0.05) is 83.3 Å². The van der Waals surface area contributed by atoms with Crippen molar-refractivity contribution < 1.29 is 14.3 Å². The van der Waals surface area contributed by atoms with Crippen LogP contribution in [0.5, 0.6) is 0 Å². The van der Waals surface area contributed by atoms with E-state index in [1.165, 1.54) is 70.6 Å². The van der Waals surface area contributed by atoms with Gasteiger partial charge in [0.2, 0.25) is 0 Å². The molecule has 0 fully saturated rings. The Hall–Kier alpha value is -0.380. The highest BCUT2D eigenvalue weighted by Gasteiger charge is 2.30. The molecule has 0 aliphatic carbocycles. The summed E-state index contributed by atoms with van der Waals surface area (Å²) in [6.45, 7) is 2.42. The monoisotopic (exact) mass is 356 g/mol. The first-order chi connectivity index (χ1) is 12.0. The van der Waals surface area contributed by atoms with E-state index in [4.69, 9.17) is 4.74 Å². The van der Waals surface area contributed by atoms with Crippen molar-refractivity contribution in [1.29, 1.82) is 0 Å². The first kappa shape index (κ1) is 24.6. The van der Waals surface area contributed by atoms with Gasteiger partial charge in [-0.2, -0.15) is 0 Å². The molecule has 0 heterocycles. The molecule has 0 rings (SSSR count). The van der Waals surface area contributed by atoms with Gasteiger partial charge in [0.1, 0.15) is 12.1 Å². The molecule has 0 aromatic rings. The number of unbranched alkanes of at least 4 members (excludes halogenated alkanes) is 11. The van der Waals surface area contributed by atoms with Crippen molar-refractivity contribution in [3.8, 4) is 0 Å². The van der Waals surface area contributed by atoms with Gasteiger partial charge >= 0.3 is 0 Å². The first-order valence-electron chi connectivity index (χ1n) is 10.6. The first-order valence-corrected chi connectivity index (χ1v) is 10.6. The second-order valence-corrected chi connectivity index (χ2v) is 8.32. The third kappa shape index (κ3) is 13.5. The lowest BCUT2D eigenvalue weighted by atomic mass is 10.0. The number of aliphatic hydroxyl groups excluding tert-OH is 1. The molecule has 0 aliphatic rings. The molecule has 0 amide bonds. The van der Waals surface area contributed by atoms with Crippen LogP contribution in [-0.4, -0.2) is 56.6 Å². The fourth-order valence-electron chi connectivity index (χ4n) is 3.31. The molecule has 25 heavy (non-hydrogen) atoms. The van der Waals surface area contributed by atoms with Gasteiger partial charge in [0, 0.05) is 7.11 Å². The van der Waals surface area contributed by atoms with Crippen molar-refractivity contribution in [2.75, 3.05) is 34.9 Å². The van der Waals surface area contributed by atoms with Gasteiger partial charge in [0.15, 0.2) is 0 Å². The molecule has 0 aliphatic heterocycles. The van der Waals surface area contributed by atoms with Crippen LogP contribution in [0.3, 0.4) is 0 Å². The van der Waals surface area contributed by atoms with E-state index in [1.54, 1.807) is 7.11 Å². The van der Waals surface area contributed by atoms with Gasteiger partial charge in [-0.15, -0.1) is 0 Å². The highest BCUT2D eigenvalue weighted by molar-refractivity contribution is 4.93. The molecule has 3 heteroatoms. The van der Waals surface area contributed by atoms with E-state index in [2.05, 4.69) is 40.2 Å². The highest BCUT2D eigenvalue weighted by atomic mass is 16.5. The van der Waals surface area contributed by atoms with E-state index in [0.29, 0.717) is 4.48 Å². The number of aliphatic hydroxyl groups is 1. The van der Waals surface area contributed by atoms with Crippen molar-refractivity contribution in [2.45, 2.75) is 96.1 Å². The number of quaternary nitrogens is 1. The van der Waals surface area contributed by atoms with Gasteiger partial charge in [-0.05, 0) is 12.8 Å². The van der Waals surface area contributed by atoms with E-state index in [0.717, 1.165) is 6.42 Å². The topological polar surface area (TPSA) is 29.5 Å². The number of methoxy groups -OCH3 is 1. The molecule has 0 aromatic heterocycles. The summed E-state index contributed by atoms with van der Waals surface area (Å²) in [5.74, 6) is 0. The van der Waals surface area contributed by atoms with Crippen LogP contribution in [0.15, 0.2) is 12.2 Å². The molecule has 3 nitrogen and oxygen atoms in total. The van der Waals surface area contributed by atoms with Gasteiger partial charge in [0.25, 0.3) is 0 Å². The van der Waals surface area contributed by atoms with Gasteiger partial charge in [-0.25, -0.2) is 0 Å². The normalized spacial score (nSPS) is 15.0. The molecular formula is C22H46NO2+. The van der Waals surface area contributed by atoms with Crippen molar-refractivity contribution in [3.63, 3.8) is 0 Å². The van der Waals surface area contributed by atoms with Crippen LogP contribution in [0.1, 0.15) is 84.0 Å². The molecule has 0 aromatic carbocycles. The highest BCUT2D eigenvalue weighted by Crippen LogP contribution is 2.14. The number of allylic oxidation sites excluding steroid dienone is 1. The second-order valence-electron chi connectivity index (χ2n) is 8.32. The minimum atomic E-state index is -0.0160. The molecule has 1 N–H and O–H groups in total. The van der Waals surface area contributed by atoms with Crippen LogP contribution in [-0.2, 0) is 4.74 Å². The summed E-state index contributed by atoms with van der Waals surface area (Å²) < 4.78 is 6.28. The second kappa shape index (κ2) is 15.8. The number of hydrogen-bond acceptors (Lipinski definition) is 2. The number of nitrogens with zero attached hydrogens (tertiary/aromatic N) is 1. The standard InChI is InChI=1S/C22H46NO2/c1-6-7-8-9-10-11-12-13-14-15-16-17-18-19-22(25-5)21(20-24)23(2,3)4/h18-19,21-22,24H,6-17,20H2,1-5H3/q+1/b19-18+/t21-,22+/m0/s1. The Labute approximate surface area is 158 Å². The van der Waals surface area contributed by atoms with E-state index >= 15 is 0 Å². The van der Waals surface area contributed by atoms with E-state index in [-0.39, 0.29) is 18.8 Å². The molecule has 0 bridgehead atoms. The zero-order valence-corrected chi connectivity index (χ0v) is 17.8. The smallest absolute Gasteiger partial charge is 0.142 e. The lowest BCUT2D eigenvalue weighted by Crippen LogP contribution is -2.53. The number of hydrogen-bond donors (Lipinski definition) is 1. The van der Waals surface area contributed by atoms with Crippen LogP contribution in [0.2, 0.25) is 0 Å². The largest absolute Gasteiger partial charge is 0.390 e. The van der Waals surface area contributed by atoms with Crippen molar-refractivity contribution in [1.82, 2.24) is 0 Å². The fourth-order valence-corrected chi connectivity index (χ4v) is 3.31. The average Bonchev–Trinajstić information content (AvgIpc) is 2.56. The molecule has 0 saturated carbocycles. The lowest BCUT2D eigenvalue weighted by molar-refractivity contribution is -0.899. The Bertz CT molecular complexity index is 310. The quantitative estimate of drug-likeness (QED) is 0.217. The lowest BCUT2D eigenvalue weighted by Gasteiger charge is -2.36. The SMILES string of the molecule is CCCCCCCCCCCCC/C=C/[C@@H](OC)[C@H](CO)[N+](C)(C)C. The van der Waals surface area contributed by atoms with Gasteiger partial charge in [0.05, 0.1) is 27.7 Å². The molecular weight excluding hydrogens is 310 g/mol. The third-order valence-electron chi connectivity index (χ3n) is 5.13. The summed E-state index contributed by atoms with van der Waals surface area (Å²) in [4.78, 5) is 0. The van der Waals surface area contributed by atoms with E-state index < -0.39 is 0 Å². The van der Waals surface area contributed by atoms with Crippen LogP contribution >= 0.6 is 0 Å². The Morgan fingerprint density at radius 2 is 1.32 bits per heavy atom. The average molecular weight is 357 g/mol. The number of rotatable bonds is 17. The maximum atomic E-state index is 9.64. The molecule has 0 spiro atoms. The zero-order chi connectivity index (χ0) is 19.0. The Morgan fingerprint density at radius 1 is 0.840 bits per heavy atom. The number of likely N-dealkylation sites (N-methyl/N-ethyl adjacent to an activating group) is 1. The van der Waals surface area contributed by atoms with Crippen LogP contribution in [0, 0.1) is 0 Å². The minimum absolute atomic E-state index is 0.0160. The Balaban J connectivity index is 3.67. The summed E-state index contributed by atoms with van der Waals surface area (Å²) >= 11 is 0. The molecule has 0 unspecified atom stereocenters. The minimum Gasteiger partial charge on any atom is -0.390 e. The number of ether oxygens (including phenoxy) is 1.